The molecule has 0 radical (unpaired) electrons. The zero-order valence-electron chi connectivity index (χ0n) is 16.0. The predicted octanol–water partition coefficient (Wildman–Crippen LogP) is 3.24. The van der Waals surface area contributed by atoms with E-state index in [1.54, 1.807) is 17.8 Å². The normalized spacial score (nSPS) is 27.1. The molecule has 7 nitrogen and oxygen atoms in total. The molecule has 0 saturated carbocycles. The highest BCUT2D eigenvalue weighted by Crippen LogP contribution is 2.62. The summed E-state index contributed by atoms with van der Waals surface area (Å²) in [6.45, 7) is 0.722. The maximum atomic E-state index is 13.2. The number of thioether (sulfide) groups is 1. The molecule has 1 spiro atoms. The first-order valence-electron chi connectivity index (χ1n) is 9.46. The zero-order valence-corrected chi connectivity index (χ0v) is 18.4. The number of halogens is 4. The second kappa shape index (κ2) is 6.95. The van der Waals surface area contributed by atoms with Gasteiger partial charge < -0.3 is 15.4 Å². The lowest BCUT2D eigenvalue weighted by atomic mass is 9.66. The van der Waals surface area contributed by atoms with Crippen LogP contribution in [0.1, 0.15) is 28.0 Å². The summed E-state index contributed by atoms with van der Waals surface area (Å²) in [5.41, 5.74) is 4.83. The van der Waals surface area contributed by atoms with Gasteiger partial charge in [0.2, 0.25) is 5.78 Å². The van der Waals surface area contributed by atoms with E-state index in [0.717, 1.165) is 46.7 Å². The lowest BCUT2D eigenvalue weighted by Gasteiger charge is -2.40. The SMILES string of the molecule is O=C(O)C(F)(F)F.O=C1C=C2S[C@H]3C[C@]2(C=C1Br)C1=C(N3)C(=O)c2[nH]cc3c2C1=NCC3. The molecule has 0 amide bonds. The number of aromatic amines is 1. The summed E-state index contributed by atoms with van der Waals surface area (Å²) in [7, 11) is 0. The Morgan fingerprint density at radius 2 is 2.06 bits per heavy atom. The van der Waals surface area contributed by atoms with Crippen molar-refractivity contribution >= 4 is 50.9 Å². The summed E-state index contributed by atoms with van der Waals surface area (Å²) < 4.78 is 32.3. The van der Waals surface area contributed by atoms with Crippen molar-refractivity contribution in [2.24, 2.45) is 10.4 Å². The first-order chi connectivity index (χ1) is 15.0. The Kier molecular flexibility index (Phi) is 4.61. The van der Waals surface area contributed by atoms with Gasteiger partial charge in [0.25, 0.3) is 0 Å². The van der Waals surface area contributed by atoms with Crippen molar-refractivity contribution in [2.75, 3.05) is 6.54 Å². The number of Topliss-reactive ketones (excluding diaryl/α,β-unsaturated/α-hetero) is 1. The maximum absolute atomic E-state index is 13.2. The molecule has 6 rings (SSSR count). The minimum absolute atomic E-state index is 0.00412. The van der Waals surface area contributed by atoms with E-state index < -0.39 is 17.6 Å². The molecule has 1 aromatic rings. The molecular formula is C20H13BrF3N3O4S. The van der Waals surface area contributed by atoms with E-state index in [1.807, 2.05) is 12.3 Å². The molecular weight excluding hydrogens is 515 g/mol. The summed E-state index contributed by atoms with van der Waals surface area (Å²) >= 11 is 5.07. The van der Waals surface area contributed by atoms with Crippen molar-refractivity contribution in [1.82, 2.24) is 10.3 Å². The van der Waals surface area contributed by atoms with Gasteiger partial charge in [0.05, 0.1) is 32.4 Å². The largest absolute Gasteiger partial charge is 0.490 e. The standard InChI is InChI=1S/C18H12BrN3O2S.C2HF3O2/c19-8-4-18-5-11(25-10(18)3-9(8)23)22-16-13(18)14-12-7(1-2-20-14)6-21-15(12)17(16)24;3-2(4,5)1(6)7/h3-4,6,11,21-22H,1-2,5H2;(H,6,7)/t11-,18-;/m0./s1. The average Bonchev–Trinajstić information content (AvgIpc) is 3.26. The number of hydrogen-bond acceptors (Lipinski definition) is 6. The van der Waals surface area contributed by atoms with Crippen molar-refractivity contribution < 1.29 is 32.7 Å². The van der Waals surface area contributed by atoms with Crippen molar-refractivity contribution in [3.05, 3.63) is 55.8 Å². The lowest BCUT2D eigenvalue weighted by molar-refractivity contribution is -0.192. The Balaban J connectivity index is 0.000000272. The molecule has 1 fully saturated rings. The number of carboxylic acids is 1. The number of H-pyrrole nitrogens is 1. The number of rotatable bonds is 0. The Labute approximate surface area is 191 Å². The summed E-state index contributed by atoms with van der Waals surface area (Å²) in [4.78, 5) is 43.2. The smallest absolute Gasteiger partial charge is 0.475 e. The number of nitrogens with one attached hydrogen (secondary N) is 2. The Morgan fingerprint density at radius 3 is 2.75 bits per heavy atom. The molecule has 3 N–H and O–H groups in total. The van der Waals surface area contributed by atoms with E-state index in [2.05, 4.69) is 26.2 Å². The molecule has 32 heavy (non-hydrogen) atoms. The first kappa shape index (κ1) is 21.3. The van der Waals surface area contributed by atoms with Gasteiger partial charge in [-0.05, 0) is 40.4 Å². The highest BCUT2D eigenvalue weighted by molar-refractivity contribution is 9.12. The van der Waals surface area contributed by atoms with Crippen LogP contribution in [0.25, 0.3) is 0 Å². The second-order valence-electron chi connectivity index (χ2n) is 7.72. The fourth-order valence-corrected chi connectivity index (χ4v) is 6.58. The van der Waals surface area contributed by atoms with Crippen molar-refractivity contribution in [2.45, 2.75) is 24.4 Å². The van der Waals surface area contributed by atoms with Gasteiger partial charge in [-0.15, -0.1) is 11.8 Å². The fraction of sp³-hybridized carbons (Fsp3) is 0.300. The van der Waals surface area contributed by atoms with Crippen LogP contribution < -0.4 is 5.32 Å². The topological polar surface area (TPSA) is 112 Å². The number of aliphatic carboxylic acids is 1. The van der Waals surface area contributed by atoms with E-state index in [1.165, 1.54) is 0 Å². The molecule has 5 aliphatic rings. The van der Waals surface area contributed by atoms with Crippen LogP contribution >= 0.6 is 27.7 Å². The molecule has 1 saturated heterocycles. The first-order valence-corrected chi connectivity index (χ1v) is 11.1. The highest BCUT2D eigenvalue weighted by atomic mass is 79.9. The van der Waals surface area contributed by atoms with Gasteiger partial charge >= 0.3 is 12.1 Å². The molecule has 4 heterocycles. The van der Waals surface area contributed by atoms with Gasteiger partial charge in [-0.3, -0.25) is 14.6 Å². The van der Waals surface area contributed by atoms with Crippen molar-refractivity contribution in [1.29, 1.82) is 0 Å². The fourth-order valence-electron chi connectivity index (χ4n) is 4.61. The molecule has 166 valence electrons. The van der Waals surface area contributed by atoms with E-state index in [-0.39, 0.29) is 16.9 Å². The number of carbonyl (C=O) groups is 3. The summed E-state index contributed by atoms with van der Waals surface area (Å²) in [6, 6.07) is 0. The molecule has 12 heteroatoms. The minimum atomic E-state index is -5.08. The quantitative estimate of drug-likeness (QED) is 0.477. The number of carboxylic acid groups (broad SMARTS) is 1. The number of aliphatic imine (C=N–C) groups is 1. The van der Waals surface area contributed by atoms with E-state index >= 15 is 0 Å². The van der Waals surface area contributed by atoms with Gasteiger partial charge in [-0.25, -0.2) is 4.79 Å². The third kappa shape index (κ3) is 2.95. The number of carbonyl (C=O) groups excluding carboxylic acids is 2. The monoisotopic (exact) mass is 527 g/mol. The molecule has 3 aliphatic heterocycles. The van der Waals surface area contributed by atoms with Crippen LogP contribution in [0.4, 0.5) is 13.2 Å². The third-order valence-corrected chi connectivity index (χ3v) is 7.80. The van der Waals surface area contributed by atoms with Crippen LogP contribution in [0.15, 0.2) is 44.0 Å². The van der Waals surface area contributed by atoms with Crippen LogP contribution in [0.5, 0.6) is 0 Å². The van der Waals surface area contributed by atoms with Gasteiger partial charge in [-0.2, -0.15) is 13.2 Å². The average molecular weight is 528 g/mol. The maximum Gasteiger partial charge on any atom is 0.490 e. The van der Waals surface area contributed by atoms with Crippen LogP contribution in [0.3, 0.4) is 0 Å². The number of fused-ring (bicyclic) bond motifs is 2. The number of aromatic nitrogens is 1. The summed E-state index contributed by atoms with van der Waals surface area (Å²) in [5.74, 6) is -2.77. The number of alkyl halides is 3. The lowest BCUT2D eigenvalue weighted by Crippen LogP contribution is -2.45. The zero-order chi connectivity index (χ0) is 23.0. The molecule has 0 aromatic carbocycles. The van der Waals surface area contributed by atoms with Crippen LogP contribution in [-0.4, -0.2) is 51.4 Å². The van der Waals surface area contributed by atoms with Gasteiger partial charge in [-0.1, -0.05) is 6.08 Å². The molecule has 2 bridgehead atoms. The highest BCUT2D eigenvalue weighted by Gasteiger charge is 2.56. The second-order valence-corrected chi connectivity index (χ2v) is 9.82. The summed E-state index contributed by atoms with van der Waals surface area (Å²) in [5, 5.41) is 10.6. The predicted molar refractivity (Wildman–Crippen MR) is 113 cm³/mol. The van der Waals surface area contributed by atoms with Crippen LogP contribution in [-0.2, 0) is 16.0 Å². The molecule has 1 aromatic heterocycles. The minimum Gasteiger partial charge on any atom is -0.475 e. The Morgan fingerprint density at radius 1 is 1.34 bits per heavy atom. The van der Waals surface area contributed by atoms with E-state index in [0.29, 0.717) is 15.9 Å². The van der Waals surface area contributed by atoms with Gasteiger partial charge in [0.15, 0.2) is 5.78 Å². The van der Waals surface area contributed by atoms with Crippen molar-refractivity contribution in [3.8, 4) is 0 Å². The van der Waals surface area contributed by atoms with Gasteiger partial charge in [0.1, 0.15) is 0 Å². The van der Waals surface area contributed by atoms with Crippen molar-refractivity contribution in [3.63, 3.8) is 0 Å². The van der Waals surface area contributed by atoms with E-state index in [9.17, 15) is 22.8 Å². The Bertz CT molecular complexity index is 1240. The number of allylic oxidation sites excluding steroid dienone is 6. The van der Waals surface area contributed by atoms with Crippen LogP contribution in [0.2, 0.25) is 0 Å². The number of nitrogens with zero attached hydrogens (tertiary/aromatic N) is 1. The van der Waals surface area contributed by atoms with E-state index in [4.69, 9.17) is 14.9 Å². The summed E-state index contributed by atoms with van der Waals surface area (Å²) in [6.07, 6.45) is 2.24. The molecule has 2 aliphatic carbocycles. The molecule has 0 unspecified atom stereocenters. The third-order valence-electron chi connectivity index (χ3n) is 5.87. The Hall–Kier alpha value is -2.60. The van der Waals surface area contributed by atoms with Gasteiger partial charge in [0, 0.05) is 28.8 Å². The number of hydrogen-bond donors (Lipinski definition) is 3. The number of ketones is 2. The molecule has 2 atom stereocenters. The van der Waals surface area contributed by atoms with Crippen LogP contribution in [0, 0.1) is 5.41 Å².